The second kappa shape index (κ2) is 12.6. The Labute approximate surface area is 252 Å². The predicted molar refractivity (Wildman–Crippen MR) is 167 cm³/mol. The summed E-state index contributed by atoms with van der Waals surface area (Å²) < 4.78 is 19.0. The second-order valence-corrected chi connectivity index (χ2v) is 11.8. The highest BCUT2D eigenvalue weighted by Crippen LogP contribution is 2.39. The third-order valence-electron chi connectivity index (χ3n) is 9.18. The van der Waals surface area contributed by atoms with Crippen LogP contribution in [0, 0.1) is 18.3 Å². The quantitative estimate of drug-likeness (QED) is 0.376. The molecule has 224 valence electrons. The Morgan fingerprint density at radius 1 is 1.12 bits per heavy atom. The number of alkyl halides is 1. The number of likely N-dealkylation sites (tertiary alicyclic amines) is 1. The van der Waals surface area contributed by atoms with E-state index in [2.05, 4.69) is 71.1 Å². The summed E-state index contributed by atoms with van der Waals surface area (Å²) in [6.07, 6.45) is 5.51. The Balaban J connectivity index is 1.35. The van der Waals surface area contributed by atoms with Crippen molar-refractivity contribution >= 4 is 28.1 Å². The van der Waals surface area contributed by atoms with Gasteiger partial charge in [-0.05, 0) is 62.9 Å². The van der Waals surface area contributed by atoms with Crippen LogP contribution in [-0.2, 0) is 17.8 Å². The molecule has 9 heteroatoms. The number of nitrogens with zero attached hydrogens (tertiary/aromatic N) is 6. The van der Waals surface area contributed by atoms with Crippen molar-refractivity contribution in [1.29, 1.82) is 5.26 Å². The fourth-order valence-electron chi connectivity index (χ4n) is 6.83. The minimum atomic E-state index is -0.658. The molecule has 0 aliphatic carbocycles. The largest absolute Gasteiger partial charge is 0.475 e. The van der Waals surface area contributed by atoms with Crippen molar-refractivity contribution in [2.24, 2.45) is 0 Å². The number of piperazine rings is 1. The van der Waals surface area contributed by atoms with Crippen molar-refractivity contribution in [3.8, 4) is 11.9 Å². The van der Waals surface area contributed by atoms with E-state index in [1.807, 2.05) is 0 Å². The number of halogens is 1. The molecule has 2 fully saturated rings. The SMILES string of the molecule is Cc1cccc2cccc(N3CCc4c(nc(OCC5CCCN5C)c(C#N)c4N4CCN(C(=O)C=CCF)CC4)C3)c12. The molecule has 0 spiro atoms. The van der Waals surface area contributed by atoms with Crippen molar-refractivity contribution in [2.45, 2.75) is 38.8 Å². The van der Waals surface area contributed by atoms with Gasteiger partial charge in [0.05, 0.1) is 17.9 Å². The first-order chi connectivity index (χ1) is 21.0. The third-order valence-corrected chi connectivity index (χ3v) is 9.18. The van der Waals surface area contributed by atoms with Crippen LogP contribution >= 0.6 is 0 Å². The zero-order valence-corrected chi connectivity index (χ0v) is 25.1. The number of amides is 1. The van der Waals surface area contributed by atoms with Gasteiger partial charge in [0.1, 0.15) is 24.9 Å². The first kappa shape index (κ1) is 28.9. The summed E-state index contributed by atoms with van der Waals surface area (Å²) in [6, 6.07) is 15.6. The maximum atomic E-state index is 12.6. The van der Waals surface area contributed by atoms with Gasteiger partial charge in [-0.1, -0.05) is 30.3 Å². The van der Waals surface area contributed by atoms with Gasteiger partial charge >= 0.3 is 0 Å². The summed E-state index contributed by atoms with van der Waals surface area (Å²) in [5.41, 5.74) is 5.83. The fraction of sp³-hybridized carbons (Fsp3) is 0.441. The molecule has 0 bridgehead atoms. The summed E-state index contributed by atoms with van der Waals surface area (Å²) >= 11 is 0. The molecule has 4 heterocycles. The average molecular weight is 583 g/mol. The summed E-state index contributed by atoms with van der Waals surface area (Å²) in [7, 11) is 2.12. The average Bonchev–Trinajstić information content (AvgIpc) is 3.45. The van der Waals surface area contributed by atoms with E-state index in [-0.39, 0.29) is 5.91 Å². The lowest BCUT2D eigenvalue weighted by molar-refractivity contribution is -0.126. The molecule has 1 amide bonds. The van der Waals surface area contributed by atoms with E-state index in [1.54, 1.807) is 4.90 Å². The van der Waals surface area contributed by atoms with Crippen LogP contribution in [0.25, 0.3) is 10.8 Å². The van der Waals surface area contributed by atoms with E-state index >= 15 is 0 Å². The van der Waals surface area contributed by atoms with Crippen LogP contribution in [0.15, 0.2) is 48.6 Å². The molecular weight excluding hydrogens is 543 g/mol. The normalized spacial score (nSPS) is 19.2. The molecule has 3 aliphatic heterocycles. The van der Waals surface area contributed by atoms with Crippen LogP contribution in [-0.4, -0.2) is 86.3 Å². The van der Waals surface area contributed by atoms with Crippen molar-refractivity contribution < 1.29 is 13.9 Å². The van der Waals surface area contributed by atoms with Gasteiger partial charge in [0.25, 0.3) is 0 Å². The van der Waals surface area contributed by atoms with Gasteiger partial charge in [-0.25, -0.2) is 9.37 Å². The van der Waals surface area contributed by atoms with Crippen molar-refractivity contribution in [3.63, 3.8) is 0 Å². The molecular formula is C34H39FN6O2. The van der Waals surface area contributed by atoms with Crippen LogP contribution in [0.1, 0.15) is 35.2 Å². The van der Waals surface area contributed by atoms with Crippen LogP contribution in [0.3, 0.4) is 0 Å². The summed E-state index contributed by atoms with van der Waals surface area (Å²) in [6.45, 7) is 6.63. The van der Waals surface area contributed by atoms with Gasteiger partial charge in [0.2, 0.25) is 11.8 Å². The topological polar surface area (TPSA) is 75.9 Å². The van der Waals surface area contributed by atoms with Crippen LogP contribution in [0.2, 0.25) is 0 Å². The minimum Gasteiger partial charge on any atom is -0.475 e. The monoisotopic (exact) mass is 582 g/mol. The van der Waals surface area contributed by atoms with Gasteiger partial charge < -0.3 is 24.3 Å². The van der Waals surface area contributed by atoms with E-state index in [1.165, 1.54) is 34.2 Å². The lowest BCUT2D eigenvalue weighted by Gasteiger charge is -2.39. The Hall–Kier alpha value is -4.16. The Bertz CT molecular complexity index is 1570. The van der Waals surface area contributed by atoms with Gasteiger partial charge in [0.15, 0.2) is 0 Å². The number of carbonyl (C=O) groups is 1. The molecule has 8 nitrogen and oxygen atoms in total. The number of hydrogen-bond donors (Lipinski definition) is 0. The number of ether oxygens (including phenoxy) is 1. The maximum Gasteiger partial charge on any atom is 0.246 e. The summed E-state index contributed by atoms with van der Waals surface area (Å²) in [5, 5.41) is 12.9. The number of anilines is 2. The smallest absolute Gasteiger partial charge is 0.246 e. The van der Waals surface area contributed by atoms with Crippen molar-refractivity contribution in [2.75, 3.05) is 69.4 Å². The predicted octanol–water partition coefficient (Wildman–Crippen LogP) is 4.62. The second-order valence-electron chi connectivity index (χ2n) is 11.8. The Morgan fingerprint density at radius 2 is 1.91 bits per heavy atom. The fourth-order valence-corrected chi connectivity index (χ4v) is 6.83. The minimum absolute atomic E-state index is 0.180. The molecule has 43 heavy (non-hydrogen) atoms. The number of aromatic nitrogens is 1. The molecule has 0 saturated carbocycles. The first-order valence-corrected chi connectivity index (χ1v) is 15.3. The maximum absolute atomic E-state index is 12.6. The van der Waals surface area contributed by atoms with Crippen molar-refractivity contribution in [3.05, 3.63) is 70.9 Å². The molecule has 3 aromatic rings. The lowest BCUT2D eigenvalue weighted by Crippen LogP contribution is -2.49. The number of benzene rings is 2. The van der Waals surface area contributed by atoms with Crippen molar-refractivity contribution in [1.82, 2.24) is 14.8 Å². The van der Waals surface area contributed by atoms with Gasteiger partial charge in [-0.15, -0.1) is 0 Å². The highest BCUT2D eigenvalue weighted by molar-refractivity contribution is 5.97. The number of hydrogen-bond acceptors (Lipinski definition) is 7. The highest BCUT2D eigenvalue weighted by atomic mass is 19.1. The first-order valence-electron chi connectivity index (χ1n) is 15.3. The molecule has 2 saturated heterocycles. The molecule has 3 aliphatic rings. The lowest BCUT2D eigenvalue weighted by atomic mass is 9.96. The zero-order chi connectivity index (χ0) is 29.9. The van der Waals surface area contributed by atoms with Gasteiger partial charge in [0, 0.05) is 61.5 Å². The van der Waals surface area contributed by atoms with E-state index in [0.717, 1.165) is 49.3 Å². The number of likely N-dealkylation sites (N-methyl/N-ethyl adjacent to an activating group) is 1. The zero-order valence-electron chi connectivity index (χ0n) is 25.1. The molecule has 1 unspecified atom stereocenters. The highest BCUT2D eigenvalue weighted by Gasteiger charge is 2.32. The number of pyridine rings is 1. The summed E-state index contributed by atoms with van der Waals surface area (Å²) in [4.78, 5) is 26.2. The van der Waals surface area contributed by atoms with E-state index in [0.29, 0.717) is 56.8 Å². The number of allylic oxidation sites excluding steroid dienone is 1. The van der Waals surface area contributed by atoms with Gasteiger partial charge in [-0.2, -0.15) is 5.26 Å². The molecule has 2 aromatic carbocycles. The number of rotatable bonds is 7. The number of fused-ring (bicyclic) bond motifs is 2. The molecule has 6 rings (SSSR count). The van der Waals surface area contributed by atoms with Crippen LogP contribution in [0.5, 0.6) is 5.88 Å². The Kier molecular flexibility index (Phi) is 8.48. The third kappa shape index (κ3) is 5.76. The van der Waals surface area contributed by atoms with Crippen LogP contribution < -0.4 is 14.5 Å². The van der Waals surface area contributed by atoms with E-state index in [9.17, 15) is 14.4 Å². The standard InChI is InChI=1S/C34H39FN6O2/c1-24-7-3-8-25-9-4-11-30(32(24)25)41-16-13-27-29(22-41)37-34(43-23-26-10-6-15-38(26)2)28(21-36)33(27)40-19-17-39(18-20-40)31(42)12-5-14-35/h3-5,7-9,11-12,26H,6,10,13-20,22-23H2,1-2H3. The molecule has 0 radical (unpaired) electrons. The summed E-state index contributed by atoms with van der Waals surface area (Å²) in [5.74, 6) is 0.220. The van der Waals surface area contributed by atoms with Gasteiger partial charge in [-0.3, -0.25) is 4.79 Å². The molecule has 1 aromatic heterocycles. The number of nitriles is 1. The Morgan fingerprint density at radius 3 is 2.63 bits per heavy atom. The molecule has 1 atom stereocenters. The van der Waals surface area contributed by atoms with E-state index < -0.39 is 6.67 Å². The number of aryl methyl sites for hydroxylation is 1. The number of carbonyl (C=O) groups excluding carboxylic acids is 1. The van der Waals surface area contributed by atoms with Crippen LogP contribution in [0.4, 0.5) is 15.8 Å². The van der Waals surface area contributed by atoms with E-state index in [4.69, 9.17) is 9.72 Å². The molecule has 0 N–H and O–H groups in total.